The Kier molecular flexibility index (Phi) is 58.8. The van der Waals surface area contributed by atoms with E-state index >= 15 is 0 Å². The van der Waals surface area contributed by atoms with Crippen LogP contribution in [0.3, 0.4) is 0 Å². The summed E-state index contributed by atoms with van der Waals surface area (Å²) in [6, 6.07) is 0. The van der Waals surface area contributed by atoms with E-state index in [1.54, 1.807) is 0 Å². The van der Waals surface area contributed by atoms with Gasteiger partial charge in [-0.25, -0.2) is 0 Å². The predicted molar refractivity (Wildman–Crippen MR) is 338 cm³/mol. The maximum absolute atomic E-state index is 12.9. The monoisotopic (exact) mass is 1120 g/mol. The van der Waals surface area contributed by atoms with Crippen molar-refractivity contribution < 1.29 is 42.9 Å². The van der Waals surface area contributed by atoms with Gasteiger partial charge in [-0.3, -0.25) is 9.59 Å². The number of quaternary nitrogens is 1. The second-order valence-electron chi connectivity index (χ2n) is 23.4. The number of allylic oxidation sites excluding steroid dienone is 14. The lowest BCUT2D eigenvalue weighted by atomic mass is 10.0. The Bertz CT molecular complexity index is 1590. The van der Waals surface area contributed by atoms with Crippen molar-refractivity contribution in [2.45, 2.75) is 302 Å². The fraction of sp³-hybridized carbons (Fsp3) is 0.761. The molecule has 80 heavy (non-hydrogen) atoms. The molecule has 9 heteroatoms. The minimum Gasteiger partial charge on any atom is -0.545 e. The number of hydrogen-bond donors (Lipinski definition) is 0. The van der Waals surface area contributed by atoms with Gasteiger partial charge in [-0.1, -0.05) is 292 Å². The molecular formula is C71H125NO8. The van der Waals surface area contributed by atoms with E-state index in [9.17, 15) is 19.5 Å². The number of ether oxygens (including phenoxy) is 4. The maximum atomic E-state index is 12.9. The van der Waals surface area contributed by atoms with Crippen LogP contribution in [0.5, 0.6) is 0 Å². The summed E-state index contributed by atoms with van der Waals surface area (Å²) in [5.74, 6) is -2.28. The molecule has 0 aliphatic heterocycles. The fourth-order valence-electron chi connectivity index (χ4n) is 9.34. The lowest BCUT2D eigenvalue weighted by molar-refractivity contribution is -0.870. The van der Waals surface area contributed by atoms with Crippen molar-refractivity contribution >= 4 is 17.9 Å². The Morgan fingerprint density at radius 2 is 0.713 bits per heavy atom. The van der Waals surface area contributed by atoms with E-state index in [0.29, 0.717) is 23.9 Å². The molecule has 2 unspecified atom stereocenters. The van der Waals surface area contributed by atoms with Crippen molar-refractivity contribution in [3.63, 3.8) is 0 Å². The summed E-state index contributed by atoms with van der Waals surface area (Å²) >= 11 is 0. The van der Waals surface area contributed by atoms with Gasteiger partial charge in [0.2, 0.25) is 0 Å². The van der Waals surface area contributed by atoms with Crippen molar-refractivity contribution in [2.24, 2.45) is 0 Å². The zero-order valence-corrected chi connectivity index (χ0v) is 52.7. The highest BCUT2D eigenvalue weighted by molar-refractivity contribution is 5.70. The second kappa shape index (κ2) is 61.5. The van der Waals surface area contributed by atoms with E-state index in [1.807, 2.05) is 21.1 Å². The minimum atomic E-state index is -1.62. The van der Waals surface area contributed by atoms with Crippen LogP contribution in [-0.4, -0.2) is 82.3 Å². The topological polar surface area (TPSA) is 111 Å². The lowest BCUT2D eigenvalue weighted by Crippen LogP contribution is -2.44. The molecule has 0 fully saturated rings. The zero-order valence-electron chi connectivity index (χ0n) is 52.7. The van der Waals surface area contributed by atoms with E-state index in [0.717, 1.165) is 89.9 Å². The van der Waals surface area contributed by atoms with Crippen LogP contribution in [0.25, 0.3) is 0 Å². The largest absolute Gasteiger partial charge is 0.545 e. The number of unbranched alkanes of at least 4 members (excludes halogenated alkanes) is 32. The van der Waals surface area contributed by atoms with Gasteiger partial charge >= 0.3 is 11.9 Å². The van der Waals surface area contributed by atoms with Crippen LogP contribution in [0.1, 0.15) is 290 Å². The Labute approximate surface area is 493 Å². The predicted octanol–water partition coefficient (Wildman–Crippen LogP) is 19.0. The van der Waals surface area contributed by atoms with Gasteiger partial charge in [-0.15, -0.1) is 0 Å². The van der Waals surface area contributed by atoms with Gasteiger partial charge < -0.3 is 33.3 Å². The number of likely N-dealkylation sites (N-methyl/N-ethyl adjacent to an activating group) is 1. The number of carboxylic acid groups (broad SMARTS) is 1. The third-order valence-electron chi connectivity index (χ3n) is 14.4. The highest BCUT2D eigenvalue weighted by atomic mass is 16.7. The van der Waals surface area contributed by atoms with Crippen molar-refractivity contribution in [3.05, 3.63) is 85.1 Å². The van der Waals surface area contributed by atoms with Crippen molar-refractivity contribution in [1.82, 2.24) is 0 Å². The standard InChI is InChI=1S/C71H125NO8/c1-6-8-10-12-14-16-18-20-22-24-26-28-30-31-32-33-34-35-36-37-38-39-40-42-44-46-48-50-52-54-56-58-60-62-69(74)80-67(66-79-71(70(75)76)77-64-63-72(3,4)5)65-78-68(73)61-59-57-55-53-51-49-47-45-43-41-29-27-25-23-21-19-17-15-13-11-9-7-2/h8,10,14,16,20,22,26,28,31-32,34-35,37-38,67,71H,6-7,9,11-13,15,17-19,21,23-25,27,29-30,33,36,39-66H2,1-5H3/b10-8-,16-14-,22-20-,28-26-,32-31-,35-34-,38-37-. The number of carboxylic acids is 1. The van der Waals surface area contributed by atoms with Crippen LogP contribution < -0.4 is 5.11 Å². The first kappa shape index (κ1) is 76.5. The van der Waals surface area contributed by atoms with E-state index in [4.69, 9.17) is 18.9 Å². The lowest BCUT2D eigenvalue weighted by Gasteiger charge is -2.26. The van der Waals surface area contributed by atoms with Crippen LogP contribution in [-0.2, 0) is 33.3 Å². The van der Waals surface area contributed by atoms with Gasteiger partial charge in [0.05, 0.1) is 40.3 Å². The third-order valence-corrected chi connectivity index (χ3v) is 14.4. The van der Waals surface area contributed by atoms with Crippen LogP contribution >= 0.6 is 0 Å². The SMILES string of the molecule is CC/C=C\C/C=C\C/C=C\C/C=C\C/C=C\C/C=C\C/C=C\CCCCCCCCCCCCCC(=O)OC(COC(=O)CCCCCCCCCCCCCCCCCCCCCCCC)COC(OCC[N+](C)(C)C)C(=O)[O-]. The summed E-state index contributed by atoms with van der Waals surface area (Å²) < 4.78 is 22.8. The molecule has 9 nitrogen and oxygen atoms in total. The molecule has 0 radical (unpaired) electrons. The van der Waals surface area contributed by atoms with Crippen molar-refractivity contribution in [3.8, 4) is 0 Å². The van der Waals surface area contributed by atoms with Gasteiger partial charge in [0, 0.05) is 12.8 Å². The Balaban J connectivity index is 4.16. The minimum absolute atomic E-state index is 0.146. The number of carbonyl (C=O) groups excluding carboxylic acids is 3. The second-order valence-corrected chi connectivity index (χ2v) is 23.4. The molecule has 462 valence electrons. The fourth-order valence-corrected chi connectivity index (χ4v) is 9.34. The third kappa shape index (κ3) is 62.1. The molecule has 0 aromatic rings. The zero-order chi connectivity index (χ0) is 58.3. The molecule has 0 bridgehead atoms. The average molecular weight is 1120 g/mol. The van der Waals surface area contributed by atoms with Crippen LogP contribution in [0.4, 0.5) is 0 Å². The summed E-state index contributed by atoms with van der Waals surface area (Å²) in [6.07, 6.45) is 79.3. The maximum Gasteiger partial charge on any atom is 0.306 e. The van der Waals surface area contributed by atoms with E-state index in [2.05, 4.69) is 98.9 Å². The number of nitrogens with zero attached hydrogens (tertiary/aromatic N) is 1. The molecule has 0 spiro atoms. The first-order chi connectivity index (χ1) is 39.1. The molecule has 0 aromatic heterocycles. The van der Waals surface area contributed by atoms with E-state index in [1.165, 1.54) is 167 Å². The quantitative estimate of drug-likeness (QED) is 0.0195. The van der Waals surface area contributed by atoms with Gasteiger partial charge in [-0.05, 0) is 70.6 Å². The molecular weight excluding hydrogens is 995 g/mol. The van der Waals surface area contributed by atoms with Gasteiger partial charge in [0.15, 0.2) is 12.4 Å². The summed E-state index contributed by atoms with van der Waals surface area (Å²) in [5.41, 5.74) is 0. The smallest absolute Gasteiger partial charge is 0.306 e. The summed E-state index contributed by atoms with van der Waals surface area (Å²) in [4.78, 5) is 37.4. The highest BCUT2D eigenvalue weighted by Crippen LogP contribution is 2.17. The molecule has 0 aliphatic carbocycles. The Morgan fingerprint density at radius 1 is 0.388 bits per heavy atom. The molecule has 0 heterocycles. The number of carbonyl (C=O) groups is 3. The first-order valence-corrected chi connectivity index (χ1v) is 33.2. The van der Waals surface area contributed by atoms with Gasteiger partial charge in [-0.2, -0.15) is 0 Å². The first-order valence-electron chi connectivity index (χ1n) is 33.2. The Hall–Kier alpha value is -3.53. The van der Waals surface area contributed by atoms with Crippen LogP contribution in [0, 0.1) is 0 Å². The molecule has 0 N–H and O–H groups in total. The molecule has 0 saturated heterocycles. The molecule has 0 aliphatic rings. The van der Waals surface area contributed by atoms with Gasteiger partial charge in [0.25, 0.3) is 0 Å². The van der Waals surface area contributed by atoms with Crippen LogP contribution in [0.15, 0.2) is 85.1 Å². The van der Waals surface area contributed by atoms with Gasteiger partial charge in [0.1, 0.15) is 13.2 Å². The highest BCUT2D eigenvalue weighted by Gasteiger charge is 2.22. The Morgan fingerprint density at radius 3 is 1.06 bits per heavy atom. The number of esters is 2. The molecule has 0 aromatic carbocycles. The number of aliphatic carboxylic acids is 1. The van der Waals surface area contributed by atoms with Crippen molar-refractivity contribution in [1.29, 1.82) is 0 Å². The summed E-state index contributed by atoms with van der Waals surface area (Å²) in [7, 11) is 5.93. The average Bonchev–Trinajstić information content (AvgIpc) is 3.43. The molecule has 0 amide bonds. The number of hydrogen-bond acceptors (Lipinski definition) is 8. The van der Waals surface area contributed by atoms with E-state index in [-0.39, 0.29) is 32.2 Å². The molecule has 0 saturated carbocycles. The van der Waals surface area contributed by atoms with E-state index < -0.39 is 24.3 Å². The summed E-state index contributed by atoms with van der Waals surface area (Å²) in [5, 5.41) is 11.8. The summed E-state index contributed by atoms with van der Waals surface area (Å²) in [6.45, 7) is 4.67. The molecule has 0 rings (SSSR count). The normalized spacial score (nSPS) is 13.3. The van der Waals surface area contributed by atoms with Crippen LogP contribution in [0.2, 0.25) is 0 Å². The number of rotatable bonds is 61. The molecule has 2 atom stereocenters. The van der Waals surface area contributed by atoms with Crippen molar-refractivity contribution in [2.75, 3.05) is 47.5 Å².